The van der Waals surface area contributed by atoms with Crippen LogP contribution in [0.4, 0.5) is 15.5 Å². The molecule has 2 aromatic rings. The maximum absolute atomic E-state index is 12.6. The van der Waals surface area contributed by atoms with Crippen LogP contribution in [-0.2, 0) is 4.74 Å². The third-order valence-corrected chi connectivity index (χ3v) is 5.47. The number of nitrogens with one attached hydrogen (secondary N) is 1. The molecular formula is C21H26N2O5S. The fourth-order valence-corrected chi connectivity index (χ4v) is 3.48. The van der Waals surface area contributed by atoms with Crippen LogP contribution in [0.25, 0.3) is 0 Å². The first-order valence-electron chi connectivity index (χ1n) is 9.40. The van der Waals surface area contributed by atoms with Crippen molar-refractivity contribution >= 4 is 34.0 Å². The zero-order chi connectivity index (χ0) is 21.4. The van der Waals surface area contributed by atoms with Crippen molar-refractivity contribution in [3.05, 3.63) is 35.2 Å². The number of ether oxygens (including phenoxy) is 3. The molecule has 2 amide bonds. The molecule has 1 unspecified atom stereocenters. The number of rotatable bonds is 4. The molecule has 0 radical (unpaired) electrons. The molecule has 3 rings (SSSR count). The number of hydrogen-bond donors (Lipinski definition) is 1. The fraction of sp³-hybridized carbons (Fsp3) is 0.429. The van der Waals surface area contributed by atoms with Crippen LogP contribution in [0.15, 0.2) is 30.3 Å². The quantitative estimate of drug-likeness (QED) is 0.732. The second kappa shape index (κ2) is 7.59. The lowest BCUT2D eigenvalue weighted by atomic mass is 10.2. The highest BCUT2D eigenvalue weighted by Crippen LogP contribution is 2.42. The SMILES string of the molecule is CCC1(C)Oc2ccc(NC(=O)c3ccc(N(C)C(=O)OC(C)(C)C)s3)cc2O1. The summed E-state index contributed by atoms with van der Waals surface area (Å²) in [5, 5.41) is 3.47. The van der Waals surface area contributed by atoms with Crippen LogP contribution < -0.4 is 19.7 Å². The van der Waals surface area contributed by atoms with Crippen LogP contribution in [0.2, 0.25) is 0 Å². The van der Waals surface area contributed by atoms with E-state index in [1.54, 1.807) is 58.2 Å². The van der Waals surface area contributed by atoms with Crippen LogP contribution in [0.3, 0.4) is 0 Å². The van der Waals surface area contributed by atoms with E-state index in [4.69, 9.17) is 14.2 Å². The Bertz CT molecular complexity index is 933. The summed E-state index contributed by atoms with van der Waals surface area (Å²) in [5.41, 5.74) is 0.0175. The van der Waals surface area contributed by atoms with Gasteiger partial charge in [0.25, 0.3) is 5.91 Å². The number of anilines is 2. The van der Waals surface area contributed by atoms with Gasteiger partial charge >= 0.3 is 6.09 Å². The summed E-state index contributed by atoms with van der Waals surface area (Å²) >= 11 is 1.21. The number of carbonyl (C=O) groups excluding carboxylic acids is 2. The molecule has 1 aromatic carbocycles. The van der Waals surface area contributed by atoms with Gasteiger partial charge in [0.15, 0.2) is 11.5 Å². The Hall–Kier alpha value is -2.74. The van der Waals surface area contributed by atoms with Gasteiger partial charge in [-0.1, -0.05) is 6.92 Å². The number of benzene rings is 1. The summed E-state index contributed by atoms with van der Waals surface area (Å²) in [5.74, 6) is 0.309. The van der Waals surface area contributed by atoms with Gasteiger partial charge in [0.1, 0.15) is 10.6 Å². The van der Waals surface area contributed by atoms with E-state index in [0.717, 1.165) is 0 Å². The molecule has 0 spiro atoms. The summed E-state index contributed by atoms with van der Waals surface area (Å²) in [6.07, 6.45) is 0.230. The van der Waals surface area contributed by atoms with Crippen molar-refractivity contribution in [3.63, 3.8) is 0 Å². The number of nitrogens with zero attached hydrogens (tertiary/aromatic N) is 1. The van der Waals surface area contributed by atoms with Gasteiger partial charge in [-0.05, 0) is 45.0 Å². The van der Waals surface area contributed by atoms with E-state index in [0.29, 0.717) is 33.5 Å². The van der Waals surface area contributed by atoms with E-state index < -0.39 is 17.5 Å². The first kappa shape index (κ1) is 21.0. The first-order chi connectivity index (χ1) is 13.5. The smallest absolute Gasteiger partial charge is 0.415 e. The molecule has 1 aliphatic rings. The fourth-order valence-electron chi connectivity index (χ4n) is 2.62. The van der Waals surface area contributed by atoms with Gasteiger partial charge in [-0.15, -0.1) is 11.3 Å². The maximum atomic E-state index is 12.6. The number of carbonyl (C=O) groups is 2. The van der Waals surface area contributed by atoms with Crippen molar-refractivity contribution in [2.75, 3.05) is 17.3 Å². The van der Waals surface area contributed by atoms with Crippen molar-refractivity contribution in [3.8, 4) is 11.5 Å². The highest BCUT2D eigenvalue weighted by atomic mass is 32.1. The van der Waals surface area contributed by atoms with Crippen LogP contribution in [0.5, 0.6) is 11.5 Å². The van der Waals surface area contributed by atoms with E-state index >= 15 is 0 Å². The number of hydrogen-bond acceptors (Lipinski definition) is 6. The van der Waals surface area contributed by atoms with Gasteiger partial charge in [0.05, 0.1) is 4.88 Å². The van der Waals surface area contributed by atoms with Gasteiger partial charge in [-0.3, -0.25) is 9.69 Å². The molecule has 29 heavy (non-hydrogen) atoms. The predicted molar refractivity (Wildman–Crippen MR) is 113 cm³/mol. The Morgan fingerprint density at radius 1 is 1.17 bits per heavy atom. The van der Waals surface area contributed by atoms with Gasteiger partial charge in [-0.2, -0.15) is 0 Å². The summed E-state index contributed by atoms with van der Waals surface area (Å²) in [7, 11) is 1.62. The van der Waals surface area contributed by atoms with Crippen molar-refractivity contribution in [1.29, 1.82) is 0 Å². The average Bonchev–Trinajstić information content (AvgIpc) is 3.24. The van der Waals surface area contributed by atoms with Gasteiger partial charge in [0, 0.05) is 32.1 Å². The molecule has 156 valence electrons. The second-order valence-corrected chi connectivity index (χ2v) is 9.05. The molecule has 1 aromatic heterocycles. The topological polar surface area (TPSA) is 77.1 Å². The molecule has 7 nitrogen and oxygen atoms in total. The summed E-state index contributed by atoms with van der Waals surface area (Å²) in [6.45, 7) is 9.28. The molecule has 0 saturated heterocycles. The molecular weight excluding hydrogens is 392 g/mol. The standard InChI is InChI=1S/C21H26N2O5S/c1-7-21(5)26-14-9-8-13(12-15(14)27-21)22-18(24)16-10-11-17(29-16)23(6)19(25)28-20(2,3)4/h8-12H,7H2,1-6H3,(H,22,24). The van der Waals surface area contributed by atoms with E-state index in [1.165, 1.54) is 16.2 Å². The van der Waals surface area contributed by atoms with Gasteiger partial charge in [0.2, 0.25) is 5.79 Å². The molecule has 8 heteroatoms. The lowest BCUT2D eigenvalue weighted by molar-refractivity contribution is -0.0640. The Kier molecular flexibility index (Phi) is 5.49. The third-order valence-electron chi connectivity index (χ3n) is 4.31. The maximum Gasteiger partial charge on any atom is 0.415 e. The van der Waals surface area contributed by atoms with Crippen molar-refractivity contribution in [2.45, 2.75) is 52.4 Å². The number of fused-ring (bicyclic) bond motifs is 1. The molecule has 0 saturated carbocycles. The van der Waals surface area contributed by atoms with Gasteiger partial charge < -0.3 is 19.5 Å². The molecule has 1 N–H and O–H groups in total. The molecule has 0 fully saturated rings. The highest BCUT2D eigenvalue weighted by Gasteiger charge is 2.35. The largest absolute Gasteiger partial charge is 0.449 e. The zero-order valence-electron chi connectivity index (χ0n) is 17.5. The first-order valence-corrected chi connectivity index (χ1v) is 10.2. The van der Waals surface area contributed by atoms with Crippen LogP contribution in [-0.4, -0.2) is 30.4 Å². The summed E-state index contributed by atoms with van der Waals surface area (Å²) < 4.78 is 17.0. The van der Waals surface area contributed by atoms with E-state index in [-0.39, 0.29) is 5.91 Å². The van der Waals surface area contributed by atoms with Crippen molar-refractivity contribution in [2.24, 2.45) is 0 Å². The minimum Gasteiger partial charge on any atom is -0.449 e. The second-order valence-electron chi connectivity index (χ2n) is 7.98. The van der Waals surface area contributed by atoms with Crippen LogP contribution >= 0.6 is 11.3 Å². The van der Waals surface area contributed by atoms with E-state index in [1.807, 2.05) is 13.8 Å². The number of amides is 2. The van der Waals surface area contributed by atoms with E-state index in [9.17, 15) is 9.59 Å². The third kappa shape index (κ3) is 4.82. The van der Waals surface area contributed by atoms with E-state index in [2.05, 4.69) is 5.32 Å². The monoisotopic (exact) mass is 418 g/mol. The minimum atomic E-state index is -0.681. The Morgan fingerprint density at radius 3 is 2.52 bits per heavy atom. The molecule has 0 aliphatic carbocycles. The minimum absolute atomic E-state index is 0.268. The van der Waals surface area contributed by atoms with Crippen LogP contribution in [0, 0.1) is 0 Å². The molecule has 1 aliphatic heterocycles. The molecule has 1 atom stereocenters. The van der Waals surface area contributed by atoms with Crippen molar-refractivity contribution < 1.29 is 23.8 Å². The Labute approximate surface area is 174 Å². The highest BCUT2D eigenvalue weighted by molar-refractivity contribution is 7.18. The Balaban J connectivity index is 1.67. The van der Waals surface area contributed by atoms with Gasteiger partial charge in [-0.25, -0.2) is 4.79 Å². The van der Waals surface area contributed by atoms with Crippen LogP contribution in [0.1, 0.15) is 50.7 Å². The molecule has 2 heterocycles. The molecule has 0 bridgehead atoms. The Morgan fingerprint density at radius 2 is 1.86 bits per heavy atom. The number of thiophene rings is 1. The lowest BCUT2D eigenvalue weighted by Crippen LogP contribution is -2.33. The summed E-state index contributed by atoms with van der Waals surface area (Å²) in [4.78, 5) is 26.7. The average molecular weight is 419 g/mol. The van der Waals surface area contributed by atoms with Crippen molar-refractivity contribution in [1.82, 2.24) is 0 Å². The predicted octanol–water partition coefficient (Wildman–Crippen LogP) is 5.27. The normalized spacial score (nSPS) is 17.7. The zero-order valence-corrected chi connectivity index (χ0v) is 18.3. The summed E-state index contributed by atoms with van der Waals surface area (Å²) in [6, 6.07) is 8.69. The lowest BCUT2D eigenvalue weighted by Gasteiger charge is -2.23.